The van der Waals surface area contributed by atoms with Crippen LogP contribution in [0.2, 0.25) is 0 Å². The van der Waals surface area contributed by atoms with Crippen molar-refractivity contribution in [1.29, 1.82) is 0 Å². The number of hydrogen-bond acceptors (Lipinski definition) is 3. The molecule has 2 fully saturated rings. The van der Waals surface area contributed by atoms with Gasteiger partial charge in [-0.3, -0.25) is 9.89 Å². The molecule has 2 aromatic carbocycles. The number of nitrogens with zero attached hydrogens (tertiary/aromatic N) is 3. The average Bonchev–Trinajstić information content (AvgIpc) is 2.86. The molecule has 1 saturated carbocycles. The molecule has 0 atom stereocenters. The molecule has 162 valence electrons. The van der Waals surface area contributed by atoms with Gasteiger partial charge in [-0.15, -0.1) is 0 Å². The third-order valence-corrected chi connectivity index (χ3v) is 6.77. The zero-order valence-corrected chi connectivity index (χ0v) is 18.8. The third-order valence-electron chi connectivity index (χ3n) is 6.77. The van der Waals surface area contributed by atoms with Crippen LogP contribution in [0, 0.1) is 0 Å². The highest BCUT2D eigenvalue weighted by molar-refractivity contribution is 6.13. The molecule has 1 saturated heterocycles. The highest BCUT2D eigenvalue weighted by atomic mass is 15.3. The van der Waals surface area contributed by atoms with Gasteiger partial charge >= 0.3 is 0 Å². The fourth-order valence-electron chi connectivity index (χ4n) is 4.95. The van der Waals surface area contributed by atoms with E-state index in [0.29, 0.717) is 0 Å². The van der Waals surface area contributed by atoms with Crippen molar-refractivity contribution < 1.29 is 0 Å². The van der Waals surface area contributed by atoms with Crippen LogP contribution in [0.15, 0.2) is 84.0 Å². The Kier molecular flexibility index (Phi) is 7.37. The van der Waals surface area contributed by atoms with E-state index in [0.717, 1.165) is 54.8 Å². The first-order valence-corrected chi connectivity index (χ1v) is 11.7. The Morgan fingerprint density at radius 2 is 1.42 bits per heavy atom. The minimum Gasteiger partial charge on any atom is -0.369 e. The molecule has 0 bridgehead atoms. The molecule has 2 aliphatic rings. The smallest absolute Gasteiger partial charge is 0.0650 e. The van der Waals surface area contributed by atoms with Crippen LogP contribution in [0.5, 0.6) is 0 Å². The van der Waals surface area contributed by atoms with Crippen LogP contribution >= 0.6 is 0 Å². The molecular formula is C28H35N3. The molecule has 3 nitrogen and oxygen atoms in total. The van der Waals surface area contributed by atoms with Crippen molar-refractivity contribution in [3.8, 4) is 0 Å². The van der Waals surface area contributed by atoms with Crippen LogP contribution in [0.1, 0.15) is 43.2 Å². The van der Waals surface area contributed by atoms with Crippen molar-refractivity contribution in [2.24, 2.45) is 4.99 Å². The largest absolute Gasteiger partial charge is 0.369 e. The molecule has 1 aliphatic heterocycles. The molecule has 0 radical (unpaired) electrons. The van der Waals surface area contributed by atoms with Gasteiger partial charge in [0.15, 0.2) is 0 Å². The minimum atomic E-state index is 0.796. The lowest BCUT2D eigenvalue weighted by Crippen LogP contribution is -2.50. The summed E-state index contributed by atoms with van der Waals surface area (Å²) >= 11 is 0. The van der Waals surface area contributed by atoms with Crippen molar-refractivity contribution in [3.63, 3.8) is 0 Å². The molecule has 0 unspecified atom stereocenters. The summed E-state index contributed by atoms with van der Waals surface area (Å²) < 4.78 is 0. The Balaban J connectivity index is 1.54. The number of piperazine rings is 1. The van der Waals surface area contributed by atoms with Crippen LogP contribution in [-0.2, 0) is 0 Å². The van der Waals surface area contributed by atoms with Gasteiger partial charge in [0.05, 0.1) is 5.71 Å². The standard InChI is InChI=1S/C28H35N3/c1-23(30-18-20-31(21-19-30)26-16-10-5-11-17-26)27(24-12-6-3-7-13-24)22-28(29-2)25-14-8-4-9-15-25/h3-4,6-9,12-15,22,26H,1,5,10-11,16-21H2,2H3/b27-22+,29-28?. The van der Waals surface area contributed by atoms with Gasteiger partial charge in [-0.05, 0) is 30.0 Å². The zero-order valence-electron chi connectivity index (χ0n) is 18.8. The number of allylic oxidation sites excluding steroid dienone is 2. The SMILES string of the molecule is C=C(/C(=C\C(=NC)c1ccccc1)c1ccccc1)N1CCN(C2CCCCC2)CC1. The van der Waals surface area contributed by atoms with Crippen molar-refractivity contribution in [2.75, 3.05) is 33.2 Å². The van der Waals surface area contributed by atoms with E-state index in [1.807, 2.05) is 13.1 Å². The highest BCUT2D eigenvalue weighted by Gasteiger charge is 2.26. The molecule has 2 aromatic rings. The van der Waals surface area contributed by atoms with E-state index in [9.17, 15) is 0 Å². The summed E-state index contributed by atoms with van der Waals surface area (Å²) in [6.45, 7) is 8.92. The van der Waals surface area contributed by atoms with E-state index in [2.05, 4.69) is 82.0 Å². The summed E-state index contributed by atoms with van der Waals surface area (Å²) in [5.74, 6) is 0. The van der Waals surface area contributed by atoms with E-state index in [-0.39, 0.29) is 0 Å². The normalized spacial score (nSPS) is 19.5. The van der Waals surface area contributed by atoms with Gasteiger partial charge in [0.25, 0.3) is 0 Å². The number of rotatable bonds is 6. The van der Waals surface area contributed by atoms with Crippen molar-refractivity contribution in [1.82, 2.24) is 9.80 Å². The first-order valence-electron chi connectivity index (χ1n) is 11.7. The Morgan fingerprint density at radius 3 is 2.00 bits per heavy atom. The van der Waals surface area contributed by atoms with Crippen LogP contribution < -0.4 is 0 Å². The predicted octanol–water partition coefficient (Wildman–Crippen LogP) is 5.65. The maximum Gasteiger partial charge on any atom is 0.0650 e. The lowest BCUT2D eigenvalue weighted by atomic mass is 9.93. The third kappa shape index (κ3) is 5.34. The van der Waals surface area contributed by atoms with E-state index in [1.165, 1.54) is 37.7 Å². The second-order valence-corrected chi connectivity index (χ2v) is 8.66. The Hall–Kier alpha value is -2.65. The van der Waals surface area contributed by atoms with Gasteiger partial charge in [-0.25, -0.2) is 0 Å². The van der Waals surface area contributed by atoms with Gasteiger partial charge in [0, 0.05) is 50.5 Å². The molecule has 0 aromatic heterocycles. The topological polar surface area (TPSA) is 18.8 Å². The maximum atomic E-state index is 4.60. The summed E-state index contributed by atoms with van der Waals surface area (Å²) in [5.41, 5.74) is 5.58. The lowest BCUT2D eigenvalue weighted by Gasteiger charge is -2.42. The lowest BCUT2D eigenvalue weighted by molar-refractivity contribution is 0.0966. The summed E-state index contributed by atoms with van der Waals surface area (Å²) in [7, 11) is 1.87. The average molecular weight is 414 g/mol. The Morgan fingerprint density at radius 1 is 0.839 bits per heavy atom. The minimum absolute atomic E-state index is 0.796. The summed E-state index contributed by atoms with van der Waals surface area (Å²) in [4.78, 5) is 9.79. The predicted molar refractivity (Wildman–Crippen MR) is 132 cm³/mol. The van der Waals surface area contributed by atoms with E-state index in [4.69, 9.17) is 0 Å². The van der Waals surface area contributed by atoms with Crippen LogP contribution in [0.4, 0.5) is 0 Å². The second-order valence-electron chi connectivity index (χ2n) is 8.66. The molecule has 0 spiro atoms. The highest BCUT2D eigenvalue weighted by Crippen LogP contribution is 2.29. The molecule has 0 amide bonds. The summed E-state index contributed by atoms with van der Waals surface area (Å²) in [6.07, 6.45) is 9.18. The quantitative estimate of drug-likeness (QED) is 0.450. The van der Waals surface area contributed by atoms with Crippen LogP contribution in [-0.4, -0.2) is 54.8 Å². The van der Waals surface area contributed by atoms with Crippen molar-refractivity contribution in [3.05, 3.63) is 90.1 Å². The fourth-order valence-corrected chi connectivity index (χ4v) is 4.95. The number of benzene rings is 2. The molecule has 3 heteroatoms. The molecule has 31 heavy (non-hydrogen) atoms. The van der Waals surface area contributed by atoms with Gasteiger partial charge < -0.3 is 4.90 Å². The van der Waals surface area contributed by atoms with Gasteiger partial charge in [-0.2, -0.15) is 0 Å². The van der Waals surface area contributed by atoms with Gasteiger partial charge in [0.1, 0.15) is 0 Å². The first-order chi connectivity index (χ1) is 15.3. The molecule has 1 aliphatic carbocycles. The monoisotopic (exact) mass is 413 g/mol. The maximum absolute atomic E-state index is 4.60. The molecule has 4 rings (SSSR count). The summed E-state index contributed by atoms with van der Waals surface area (Å²) in [5, 5.41) is 0. The first kappa shape index (κ1) is 21.6. The fraction of sp³-hybridized carbons (Fsp3) is 0.393. The van der Waals surface area contributed by atoms with E-state index >= 15 is 0 Å². The number of aliphatic imine (C=N–C) groups is 1. The molecule has 0 N–H and O–H groups in total. The molecular weight excluding hydrogens is 378 g/mol. The van der Waals surface area contributed by atoms with Crippen molar-refractivity contribution in [2.45, 2.75) is 38.1 Å². The van der Waals surface area contributed by atoms with Crippen molar-refractivity contribution >= 4 is 11.3 Å². The Labute approximate surface area is 187 Å². The van der Waals surface area contributed by atoms with Crippen LogP contribution in [0.25, 0.3) is 5.57 Å². The van der Waals surface area contributed by atoms with E-state index < -0.39 is 0 Å². The number of hydrogen-bond donors (Lipinski definition) is 0. The van der Waals surface area contributed by atoms with E-state index in [1.54, 1.807) is 0 Å². The molecule has 1 heterocycles. The summed E-state index contributed by atoms with van der Waals surface area (Å²) in [6, 6.07) is 21.8. The van der Waals surface area contributed by atoms with Gasteiger partial charge in [0.2, 0.25) is 0 Å². The van der Waals surface area contributed by atoms with Crippen LogP contribution in [0.3, 0.4) is 0 Å². The zero-order chi connectivity index (χ0) is 21.5. The van der Waals surface area contributed by atoms with Gasteiger partial charge in [-0.1, -0.05) is 86.5 Å². The Bertz CT molecular complexity index is 900. The second kappa shape index (κ2) is 10.6.